The van der Waals surface area contributed by atoms with E-state index in [0.717, 1.165) is 59.2 Å². The van der Waals surface area contributed by atoms with E-state index < -0.39 is 0 Å². The molecule has 0 bridgehead atoms. The summed E-state index contributed by atoms with van der Waals surface area (Å²) < 4.78 is 0. The van der Waals surface area contributed by atoms with Gasteiger partial charge in [0.1, 0.15) is 0 Å². The zero-order valence-corrected chi connectivity index (χ0v) is 24.6. The Kier molecular flexibility index (Phi) is 11.4. The molecule has 35 heavy (non-hydrogen) atoms. The van der Waals surface area contributed by atoms with Gasteiger partial charge in [-0.1, -0.05) is 124 Å². The van der Waals surface area contributed by atoms with E-state index in [9.17, 15) is 0 Å². The largest absolute Gasteiger partial charge is 0.0654 e. The van der Waals surface area contributed by atoms with Gasteiger partial charge in [-0.2, -0.15) is 0 Å². The van der Waals surface area contributed by atoms with Gasteiger partial charge in [0, 0.05) is 0 Å². The van der Waals surface area contributed by atoms with Gasteiger partial charge in [-0.05, 0) is 97.7 Å². The lowest BCUT2D eigenvalue weighted by Gasteiger charge is -2.48. The van der Waals surface area contributed by atoms with Crippen molar-refractivity contribution in [1.29, 1.82) is 0 Å². The molecule has 0 N–H and O–H groups in total. The quantitative estimate of drug-likeness (QED) is 0.364. The highest BCUT2D eigenvalue weighted by Crippen LogP contribution is 2.55. The third-order valence-corrected chi connectivity index (χ3v) is 12.4. The number of hydrogen-bond acceptors (Lipinski definition) is 0. The Hall–Kier alpha value is 0. The van der Waals surface area contributed by atoms with Gasteiger partial charge in [0.25, 0.3) is 0 Å². The van der Waals surface area contributed by atoms with Crippen molar-refractivity contribution >= 4 is 0 Å². The van der Waals surface area contributed by atoms with Crippen LogP contribution < -0.4 is 0 Å². The average Bonchev–Trinajstić information content (AvgIpc) is 3.50. The monoisotopic (exact) mass is 485 g/mol. The molecule has 0 heterocycles. The Labute approximate surface area is 221 Å². The fourth-order valence-electron chi connectivity index (χ4n) is 10.7. The molecule has 0 heteroatoms. The van der Waals surface area contributed by atoms with Crippen LogP contribution in [0.5, 0.6) is 0 Å². The van der Waals surface area contributed by atoms with Crippen molar-refractivity contribution < 1.29 is 0 Å². The van der Waals surface area contributed by atoms with Crippen LogP contribution in [0.25, 0.3) is 0 Å². The summed E-state index contributed by atoms with van der Waals surface area (Å²) in [5.41, 5.74) is 0. The molecule has 5 aliphatic rings. The molecule has 0 amide bonds. The number of rotatable bonds is 5. The van der Waals surface area contributed by atoms with Crippen molar-refractivity contribution in [3.8, 4) is 0 Å². The molecule has 0 aromatic carbocycles. The Morgan fingerprint density at radius 1 is 0.543 bits per heavy atom. The van der Waals surface area contributed by atoms with Gasteiger partial charge in [-0.3, -0.25) is 0 Å². The van der Waals surface area contributed by atoms with Crippen molar-refractivity contribution in [2.24, 2.45) is 59.2 Å². The lowest BCUT2D eigenvalue weighted by molar-refractivity contribution is 0.00764. The summed E-state index contributed by atoms with van der Waals surface area (Å²) >= 11 is 0. The van der Waals surface area contributed by atoms with Gasteiger partial charge < -0.3 is 0 Å². The molecular formula is C35H64. The van der Waals surface area contributed by atoms with Crippen molar-refractivity contribution in [1.82, 2.24) is 0 Å². The number of hydrogen-bond donors (Lipinski definition) is 0. The molecule has 5 fully saturated rings. The maximum absolute atomic E-state index is 2.62. The normalized spacial score (nSPS) is 42.7. The van der Waals surface area contributed by atoms with Gasteiger partial charge >= 0.3 is 0 Å². The molecule has 5 aliphatic carbocycles. The summed E-state index contributed by atoms with van der Waals surface area (Å²) in [5.74, 6) is 10.9. The fourth-order valence-corrected chi connectivity index (χ4v) is 10.7. The minimum absolute atomic E-state index is 1.01. The average molecular weight is 485 g/mol. The molecule has 9 unspecified atom stereocenters. The molecule has 0 spiro atoms. The molecule has 204 valence electrons. The van der Waals surface area contributed by atoms with Crippen LogP contribution in [0, 0.1) is 59.2 Å². The minimum Gasteiger partial charge on any atom is -0.0654 e. The predicted molar refractivity (Wildman–Crippen MR) is 155 cm³/mol. The van der Waals surface area contributed by atoms with E-state index in [4.69, 9.17) is 0 Å². The summed E-state index contributed by atoms with van der Waals surface area (Å²) in [5, 5.41) is 0. The molecule has 5 rings (SSSR count). The lowest BCUT2D eigenvalue weighted by Crippen LogP contribution is -2.41. The second-order valence-electron chi connectivity index (χ2n) is 14.4. The van der Waals surface area contributed by atoms with Gasteiger partial charge in [-0.25, -0.2) is 0 Å². The lowest BCUT2D eigenvalue weighted by atomic mass is 9.57. The summed E-state index contributed by atoms with van der Waals surface area (Å²) in [7, 11) is 0. The maximum Gasteiger partial charge on any atom is -0.0324 e. The zero-order chi connectivity index (χ0) is 24.6. The van der Waals surface area contributed by atoms with Crippen LogP contribution >= 0.6 is 0 Å². The summed E-state index contributed by atoms with van der Waals surface area (Å²) in [6, 6.07) is 0. The second-order valence-corrected chi connectivity index (χ2v) is 14.4. The zero-order valence-electron chi connectivity index (χ0n) is 24.6. The van der Waals surface area contributed by atoms with Crippen LogP contribution in [0.1, 0.15) is 163 Å². The van der Waals surface area contributed by atoms with E-state index in [1.165, 1.54) is 77.0 Å². The van der Waals surface area contributed by atoms with E-state index in [2.05, 4.69) is 27.7 Å². The maximum atomic E-state index is 2.62. The molecule has 0 aliphatic heterocycles. The molecule has 5 saturated carbocycles. The van der Waals surface area contributed by atoms with Gasteiger partial charge in [0.05, 0.1) is 0 Å². The Morgan fingerprint density at radius 2 is 1.14 bits per heavy atom. The predicted octanol–water partition coefficient (Wildman–Crippen LogP) is 11.5. The summed E-state index contributed by atoms with van der Waals surface area (Å²) in [6.07, 6.45) is 32.1. The number of fused-ring (bicyclic) bond motifs is 2. The molecular weight excluding hydrogens is 420 g/mol. The van der Waals surface area contributed by atoms with Crippen molar-refractivity contribution in [3.63, 3.8) is 0 Å². The van der Waals surface area contributed by atoms with Gasteiger partial charge in [0.15, 0.2) is 0 Å². The first-order valence-electron chi connectivity index (χ1n) is 17.1. The SMILES string of the molecule is CCC1CC(C)C2CCCCC12.CCCCC1C(C)CC2CCCC2C1C1CCCCCCCC1. The van der Waals surface area contributed by atoms with Crippen molar-refractivity contribution in [3.05, 3.63) is 0 Å². The smallest absolute Gasteiger partial charge is 0.0324 e. The molecule has 0 radical (unpaired) electrons. The highest BCUT2D eigenvalue weighted by atomic mass is 14.5. The highest BCUT2D eigenvalue weighted by Gasteiger charge is 2.47. The van der Waals surface area contributed by atoms with E-state index in [1.54, 1.807) is 57.8 Å². The van der Waals surface area contributed by atoms with Crippen LogP contribution in [-0.4, -0.2) is 0 Å². The fraction of sp³-hybridized carbons (Fsp3) is 1.00. The molecule has 9 atom stereocenters. The highest BCUT2D eigenvalue weighted by molar-refractivity contribution is 4.96. The summed E-state index contributed by atoms with van der Waals surface area (Å²) in [4.78, 5) is 0. The van der Waals surface area contributed by atoms with Crippen LogP contribution in [0.4, 0.5) is 0 Å². The third kappa shape index (κ3) is 7.11. The van der Waals surface area contributed by atoms with E-state index in [0.29, 0.717) is 0 Å². The van der Waals surface area contributed by atoms with Crippen LogP contribution in [0.15, 0.2) is 0 Å². The van der Waals surface area contributed by atoms with Gasteiger partial charge in [-0.15, -0.1) is 0 Å². The molecule has 0 aromatic heterocycles. The van der Waals surface area contributed by atoms with Crippen LogP contribution in [-0.2, 0) is 0 Å². The standard InChI is InChI=1S/C23H42.C12H22/c1-3-4-15-21-18(2)17-20-14-11-16-22(20)23(21)19-12-9-7-5-6-8-10-13-19;1-3-10-8-9(2)11-6-4-5-7-12(10)11/h18-23H,3-17H2,1-2H3;9-12H,3-8H2,1-2H3. The van der Waals surface area contributed by atoms with Crippen molar-refractivity contribution in [2.75, 3.05) is 0 Å². The van der Waals surface area contributed by atoms with Crippen LogP contribution in [0.2, 0.25) is 0 Å². The third-order valence-electron chi connectivity index (χ3n) is 12.4. The number of unbranched alkanes of at least 4 members (excludes halogenated alkanes) is 1. The molecule has 0 nitrogen and oxygen atoms in total. The Bertz CT molecular complexity index is 569. The van der Waals surface area contributed by atoms with Crippen LogP contribution in [0.3, 0.4) is 0 Å². The first-order chi connectivity index (χ1) is 17.1. The Balaban J connectivity index is 0.000000201. The topological polar surface area (TPSA) is 0 Å². The summed E-state index contributed by atoms with van der Waals surface area (Å²) in [6.45, 7) is 9.88. The second kappa shape index (κ2) is 14.2. The van der Waals surface area contributed by atoms with Crippen molar-refractivity contribution in [2.45, 2.75) is 163 Å². The van der Waals surface area contributed by atoms with E-state index >= 15 is 0 Å². The molecule has 0 aromatic rings. The van der Waals surface area contributed by atoms with E-state index in [-0.39, 0.29) is 0 Å². The van der Waals surface area contributed by atoms with Gasteiger partial charge in [0.2, 0.25) is 0 Å². The first kappa shape index (κ1) is 28.0. The first-order valence-corrected chi connectivity index (χ1v) is 17.1. The minimum atomic E-state index is 1.01. The molecule has 0 saturated heterocycles. The Morgan fingerprint density at radius 3 is 1.83 bits per heavy atom. The van der Waals surface area contributed by atoms with E-state index in [1.807, 2.05) is 0 Å².